The third-order valence-corrected chi connectivity index (χ3v) is 5.79. The van der Waals surface area contributed by atoms with Crippen molar-refractivity contribution in [3.05, 3.63) is 71.2 Å². The van der Waals surface area contributed by atoms with Crippen LogP contribution in [0.25, 0.3) is 5.69 Å². The van der Waals surface area contributed by atoms with Gasteiger partial charge in [0.05, 0.1) is 23.1 Å². The van der Waals surface area contributed by atoms with Gasteiger partial charge in [0.1, 0.15) is 5.82 Å². The van der Waals surface area contributed by atoms with Crippen molar-refractivity contribution in [3.63, 3.8) is 0 Å². The van der Waals surface area contributed by atoms with Crippen molar-refractivity contribution in [1.29, 1.82) is 0 Å². The molecule has 30 heavy (non-hydrogen) atoms. The molecule has 1 aromatic carbocycles. The number of aryl methyl sites for hydroxylation is 1. The maximum absolute atomic E-state index is 12.7. The molecular weight excluding hydrogens is 374 g/mol. The highest BCUT2D eigenvalue weighted by molar-refractivity contribution is 5.95. The van der Waals surface area contributed by atoms with Gasteiger partial charge >= 0.3 is 0 Å². The molecule has 156 valence electrons. The summed E-state index contributed by atoms with van der Waals surface area (Å²) >= 11 is 0. The van der Waals surface area contributed by atoms with Crippen molar-refractivity contribution in [2.45, 2.75) is 46.1 Å². The van der Waals surface area contributed by atoms with Crippen LogP contribution < -0.4 is 10.2 Å². The van der Waals surface area contributed by atoms with E-state index in [0.29, 0.717) is 12.1 Å². The number of carbonyl (C=O) groups is 1. The summed E-state index contributed by atoms with van der Waals surface area (Å²) in [6, 6.07) is 12.1. The first-order valence-electron chi connectivity index (χ1n) is 10.7. The molecule has 3 aromatic rings. The highest BCUT2D eigenvalue weighted by Gasteiger charge is 2.16. The third kappa shape index (κ3) is 4.37. The zero-order valence-electron chi connectivity index (χ0n) is 17.8. The topological polar surface area (TPSA) is 63.1 Å². The average molecular weight is 404 g/mol. The third-order valence-electron chi connectivity index (χ3n) is 5.79. The van der Waals surface area contributed by atoms with E-state index < -0.39 is 0 Å². The van der Waals surface area contributed by atoms with Gasteiger partial charge in [0.15, 0.2) is 0 Å². The van der Waals surface area contributed by atoms with E-state index in [0.717, 1.165) is 41.4 Å². The van der Waals surface area contributed by atoms with Crippen molar-refractivity contribution in [1.82, 2.24) is 20.1 Å². The Morgan fingerprint density at radius 2 is 1.77 bits per heavy atom. The van der Waals surface area contributed by atoms with E-state index in [-0.39, 0.29) is 5.91 Å². The van der Waals surface area contributed by atoms with Gasteiger partial charge in [-0.05, 0) is 49.9 Å². The number of carbonyl (C=O) groups excluding carboxylic acids is 1. The second kappa shape index (κ2) is 9.11. The van der Waals surface area contributed by atoms with Crippen LogP contribution in [0.2, 0.25) is 0 Å². The molecule has 0 atom stereocenters. The molecule has 1 aliphatic heterocycles. The summed E-state index contributed by atoms with van der Waals surface area (Å²) in [5.41, 5.74) is 4.52. The lowest BCUT2D eigenvalue weighted by atomic mass is 10.2. The molecule has 0 unspecified atom stereocenters. The lowest BCUT2D eigenvalue weighted by molar-refractivity contribution is 0.0950. The number of rotatable bonds is 5. The number of hydrogen-bond donors (Lipinski definition) is 1. The van der Waals surface area contributed by atoms with Gasteiger partial charge in [-0.2, -0.15) is 5.10 Å². The molecule has 6 heteroatoms. The van der Waals surface area contributed by atoms with Crippen molar-refractivity contribution in [3.8, 4) is 5.69 Å². The second-order valence-electron chi connectivity index (χ2n) is 7.95. The van der Waals surface area contributed by atoms with Crippen LogP contribution in [-0.4, -0.2) is 33.8 Å². The van der Waals surface area contributed by atoms with E-state index in [2.05, 4.69) is 32.4 Å². The molecule has 0 aliphatic carbocycles. The summed E-state index contributed by atoms with van der Waals surface area (Å²) in [4.78, 5) is 19.7. The number of hydrogen-bond acceptors (Lipinski definition) is 4. The monoisotopic (exact) mass is 403 g/mol. The first-order valence-corrected chi connectivity index (χ1v) is 10.7. The zero-order valence-corrected chi connectivity index (χ0v) is 17.8. The van der Waals surface area contributed by atoms with Gasteiger partial charge in [-0.25, -0.2) is 9.67 Å². The van der Waals surface area contributed by atoms with E-state index in [1.807, 2.05) is 49.0 Å². The fourth-order valence-electron chi connectivity index (χ4n) is 3.96. The van der Waals surface area contributed by atoms with Crippen LogP contribution >= 0.6 is 0 Å². The van der Waals surface area contributed by atoms with Crippen LogP contribution in [-0.2, 0) is 6.54 Å². The van der Waals surface area contributed by atoms with Crippen molar-refractivity contribution in [2.75, 3.05) is 18.0 Å². The largest absolute Gasteiger partial charge is 0.357 e. The van der Waals surface area contributed by atoms with Gasteiger partial charge in [-0.3, -0.25) is 4.79 Å². The van der Waals surface area contributed by atoms with Crippen LogP contribution in [0.4, 0.5) is 5.82 Å². The van der Waals surface area contributed by atoms with Crippen molar-refractivity contribution in [2.24, 2.45) is 0 Å². The molecule has 1 aliphatic rings. The van der Waals surface area contributed by atoms with Gasteiger partial charge < -0.3 is 10.2 Å². The Kier molecular flexibility index (Phi) is 6.12. The van der Waals surface area contributed by atoms with E-state index in [9.17, 15) is 4.79 Å². The number of para-hydroxylation sites is 1. The lowest BCUT2D eigenvalue weighted by Gasteiger charge is -2.21. The zero-order chi connectivity index (χ0) is 20.9. The maximum atomic E-state index is 12.7. The van der Waals surface area contributed by atoms with E-state index >= 15 is 0 Å². The smallest absolute Gasteiger partial charge is 0.255 e. The van der Waals surface area contributed by atoms with Crippen LogP contribution in [0.3, 0.4) is 0 Å². The average Bonchev–Trinajstić information content (AvgIpc) is 2.97. The SMILES string of the molecule is Cc1ccccc1-n1ncc(C(=O)NCc2ccc(N3CCCCCC3)nc2)c1C. The van der Waals surface area contributed by atoms with Gasteiger partial charge in [0.2, 0.25) is 0 Å². The Labute approximate surface area is 177 Å². The summed E-state index contributed by atoms with van der Waals surface area (Å²) in [7, 11) is 0. The second-order valence-corrected chi connectivity index (χ2v) is 7.95. The normalized spacial score (nSPS) is 14.4. The quantitative estimate of drug-likeness (QED) is 0.694. The summed E-state index contributed by atoms with van der Waals surface area (Å²) in [6.07, 6.45) is 8.58. The molecule has 1 N–H and O–H groups in total. The summed E-state index contributed by atoms with van der Waals surface area (Å²) < 4.78 is 1.82. The molecule has 0 bridgehead atoms. The van der Waals surface area contributed by atoms with Gasteiger partial charge in [0, 0.05) is 25.8 Å². The molecule has 0 radical (unpaired) electrons. The van der Waals surface area contributed by atoms with Crippen LogP contribution in [0, 0.1) is 13.8 Å². The predicted molar refractivity (Wildman–Crippen MR) is 119 cm³/mol. The van der Waals surface area contributed by atoms with Crippen molar-refractivity contribution >= 4 is 11.7 Å². The summed E-state index contributed by atoms with van der Waals surface area (Å²) in [5, 5.41) is 7.43. The molecule has 1 saturated heterocycles. The van der Waals surface area contributed by atoms with E-state index in [1.165, 1.54) is 25.7 Å². The molecule has 6 nitrogen and oxygen atoms in total. The molecule has 0 saturated carbocycles. The maximum Gasteiger partial charge on any atom is 0.255 e. The molecule has 0 spiro atoms. The number of pyridine rings is 1. The predicted octanol–water partition coefficient (Wildman–Crippen LogP) is 4.19. The molecule has 2 aromatic heterocycles. The van der Waals surface area contributed by atoms with E-state index in [1.54, 1.807) is 6.20 Å². The van der Waals surface area contributed by atoms with Crippen LogP contribution in [0.1, 0.15) is 52.9 Å². The van der Waals surface area contributed by atoms with Gasteiger partial charge in [-0.1, -0.05) is 37.1 Å². The van der Waals surface area contributed by atoms with E-state index in [4.69, 9.17) is 0 Å². The van der Waals surface area contributed by atoms with Crippen molar-refractivity contribution < 1.29 is 4.79 Å². The number of benzene rings is 1. The number of anilines is 1. The highest BCUT2D eigenvalue weighted by atomic mass is 16.1. The fraction of sp³-hybridized carbons (Fsp3) is 0.375. The van der Waals surface area contributed by atoms with Crippen LogP contribution in [0.5, 0.6) is 0 Å². The molecule has 4 rings (SSSR count). The minimum atomic E-state index is -0.121. The Hall–Kier alpha value is -3.15. The standard InChI is InChI=1S/C24H29N5O/c1-18-9-5-6-10-22(18)29-19(2)21(17-27-29)24(30)26-16-20-11-12-23(25-15-20)28-13-7-3-4-8-14-28/h5-6,9-12,15,17H,3-4,7-8,13-14,16H2,1-2H3,(H,26,30). The van der Waals surface area contributed by atoms with Gasteiger partial charge in [0.25, 0.3) is 5.91 Å². The van der Waals surface area contributed by atoms with Crippen LogP contribution in [0.15, 0.2) is 48.8 Å². The number of nitrogens with zero attached hydrogens (tertiary/aromatic N) is 4. The molecule has 1 fully saturated rings. The molecular formula is C24H29N5O. The summed E-state index contributed by atoms with van der Waals surface area (Å²) in [6.45, 7) is 6.56. The number of aromatic nitrogens is 3. The summed E-state index contributed by atoms with van der Waals surface area (Å²) in [5.74, 6) is 0.909. The molecule has 1 amide bonds. The Morgan fingerprint density at radius 3 is 2.47 bits per heavy atom. The lowest BCUT2D eigenvalue weighted by Crippen LogP contribution is -2.25. The Morgan fingerprint density at radius 1 is 1.00 bits per heavy atom. The number of amides is 1. The minimum Gasteiger partial charge on any atom is -0.357 e. The first-order chi connectivity index (χ1) is 14.6. The molecule has 3 heterocycles. The first kappa shape index (κ1) is 20.1. The Balaban J connectivity index is 1.40. The minimum absolute atomic E-state index is 0.121. The number of nitrogens with one attached hydrogen (secondary N) is 1. The highest BCUT2D eigenvalue weighted by Crippen LogP contribution is 2.19. The van der Waals surface area contributed by atoms with Gasteiger partial charge in [-0.15, -0.1) is 0 Å². The fourth-order valence-corrected chi connectivity index (χ4v) is 3.96. The Bertz CT molecular complexity index is 1000.